The van der Waals surface area contributed by atoms with Gasteiger partial charge in [-0.15, -0.1) is 0 Å². The topological polar surface area (TPSA) is 0 Å². The molecule has 0 saturated carbocycles. The van der Waals surface area contributed by atoms with E-state index in [-0.39, 0.29) is 0 Å². The van der Waals surface area contributed by atoms with Gasteiger partial charge in [-0.3, -0.25) is 0 Å². The van der Waals surface area contributed by atoms with Crippen molar-refractivity contribution in [2.45, 2.75) is 0 Å². The first kappa shape index (κ1) is 46.1. The zero-order valence-electron chi connectivity index (χ0n) is 40.6. The fourth-order valence-corrected chi connectivity index (χ4v) is 8.91. The predicted octanol–water partition coefficient (Wildman–Crippen LogP) is 17.3. The fourth-order valence-electron chi connectivity index (χ4n) is 8.91. The Morgan fingerprint density at radius 3 is 0.500 bits per heavy atom. The Labute approximate surface area is 435 Å². The molecule has 11 rings (SSSR count). The number of benzene rings is 11. The van der Waals surface area contributed by atoms with Gasteiger partial charge in [0, 0.05) is 44.5 Å². The molecule has 0 spiro atoms. The summed E-state index contributed by atoms with van der Waals surface area (Å²) in [6, 6.07) is 97.1. The molecule has 0 aliphatic rings. The molecule has 0 fully saturated rings. The van der Waals surface area contributed by atoms with Crippen LogP contribution in [0.3, 0.4) is 0 Å². The monoisotopic (exact) mass is 934 g/mol. The van der Waals surface area contributed by atoms with Crippen LogP contribution in [0, 0.1) is 47.4 Å². The van der Waals surface area contributed by atoms with Gasteiger partial charge in [0.15, 0.2) is 0 Å². The fraction of sp³-hybridized carbons (Fsp3) is 0. The lowest BCUT2D eigenvalue weighted by molar-refractivity contribution is 1.53. The molecule has 0 unspecified atom stereocenters. The zero-order valence-corrected chi connectivity index (χ0v) is 40.6. The van der Waals surface area contributed by atoms with Crippen LogP contribution in [0.5, 0.6) is 0 Å². The molecule has 0 radical (unpaired) electrons. The molecular formula is C74H46. The highest BCUT2D eigenvalue weighted by Gasteiger charge is 2.12. The van der Waals surface area contributed by atoms with Crippen LogP contribution in [0.2, 0.25) is 0 Å². The van der Waals surface area contributed by atoms with Gasteiger partial charge < -0.3 is 0 Å². The van der Waals surface area contributed by atoms with Crippen LogP contribution in [0.25, 0.3) is 66.8 Å². The molecule has 0 saturated heterocycles. The minimum atomic E-state index is 0.923. The van der Waals surface area contributed by atoms with Crippen molar-refractivity contribution >= 4 is 0 Å². The van der Waals surface area contributed by atoms with E-state index in [1.165, 1.54) is 0 Å². The maximum Gasteiger partial charge on any atom is 0.0261 e. The van der Waals surface area contributed by atoms with Crippen molar-refractivity contribution < 1.29 is 0 Å². The normalized spacial score (nSPS) is 10.3. The summed E-state index contributed by atoms with van der Waals surface area (Å²) in [5, 5.41) is 0. The zero-order chi connectivity index (χ0) is 49.7. The molecule has 74 heavy (non-hydrogen) atoms. The highest BCUT2D eigenvalue weighted by atomic mass is 14.2. The molecule has 0 aliphatic heterocycles. The minimum absolute atomic E-state index is 0.923. The maximum atomic E-state index is 3.51. The molecule has 11 aromatic rings. The lowest BCUT2D eigenvalue weighted by Gasteiger charge is -2.13. The van der Waals surface area contributed by atoms with E-state index in [0.29, 0.717) is 0 Å². The van der Waals surface area contributed by atoms with Crippen molar-refractivity contribution in [3.05, 3.63) is 324 Å². The van der Waals surface area contributed by atoms with Gasteiger partial charge in [0.2, 0.25) is 0 Å². The summed E-state index contributed by atoms with van der Waals surface area (Å²) < 4.78 is 0. The largest absolute Gasteiger partial charge is 0.0622 e. The van der Waals surface area contributed by atoms with Crippen LogP contribution >= 0.6 is 0 Å². The van der Waals surface area contributed by atoms with Crippen molar-refractivity contribution in [2.24, 2.45) is 0 Å². The highest BCUT2D eigenvalue weighted by molar-refractivity contribution is 5.83. The molecule has 11 aromatic carbocycles. The molecule has 0 heteroatoms. The van der Waals surface area contributed by atoms with Gasteiger partial charge in [-0.1, -0.05) is 205 Å². The Kier molecular flexibility index (Phi) is 13.8. The SMILES string of the molecule is C(#Cc1cc(-c2ccccc2)cc(-c2cc(C#Cc3ccccc3)cc(-c3ccc(-c4cc(C#Cc5ccccc5)cc(-c5cc(C#Cc6ccccc6)cc(-c6ccccc6)c5)c4)cc3)c2)c1)c1ccccc1. The third-order valence-electron chi connectivity index (χ3n) is 12.7. The predicted molar refractivity (Wildman–Crippen MR) is 309 cm³/mol. The molecular weight excluding hydrogens is 889 g/mol. The summed E-state index contributed by atoms with van der Waals surface area (Å²) in [6.45, 7) is 0. The molecule has 0 aromatic heterocycles. The Hall–Kier alpha value is -10.3. The molecule has 342 valence electrons. The van der Waals surface area contributed by atoms with E-state index in [1.807, 2.05) is 121 Å². The third kappa shape index (κ3) is 11.6. The van der Waals surface area contributed by atoms with E-state index < -0.39 is 0 Å². The third-order valence-corrected chi connectivity index (χ3v) is 12.7. The average molecular weight is 935 g/mol. The molecule has 0 heterocycles. The molecule has 0 bridgehead atoms. The summed E-state index contributed by atoms with van der Waals surface area (Å²) in [6.07, 6.45) is 0. The van der Waals surface area contributed by atoms with Crippen molar-refractivity contribution in [3.8, 4) is 114 Å². The van der Waals surface area contributed by atoms with E-state index >= 15 is 0 Å². The second kappa shape index (κ2) is 22.2. The maximum absolute atomic E-state index is 3.51. The van der Waals surface area contributed by atoms with Gasteiger partial charge in [-0.25, -0.2) is 0 Å². The summed E-state index contributed by atoms with van der Waals surface area (Å²) >= 11 is 0. The number of hydrogen-bond donors (Lipinski definition) is 0. The van der Waals surface area contributed by atoms with E-state index in [9.17, 15) is 0 Å². The lowest BCUT2D eigenvalue weighted by atomic mass is 9.91. The van der Waals surface area contributed by atoms with Crippen LogP contribution in [0.1, 0.15) is 44.5 Å². The standard InChI is InChI=1S/C74H46/c1-7-19-55(20-8-1)31-35-59-43-67(63-27-15-5-16-28-63)51-71(47-59)73-49-61(37-33-57-23-11-3-12-24-57)45-69(53-73)65-39-41-66(42-40-65)70-46-62(38-34-58-25-13-4-14-26-58)50-74(54-70)72-48-60(36-32-56-21-9-2-10-22-56)44-68(52-72)64-29-17-6-18-30-64/h1-30,39-54H. The van der Waals surface area contributed by atoms with Crippen molar-refractivity contribution in [1.29, 1.82) is 0 Å². The Morgan fingerprint density at radius 1 is 0.122 bits per heavy atom. The Morgan fingerprint density at radius 2 is 0.284 bits per heavy atom. The number of hydrogen-bond acceptors (Lipinski definition) is 0. The first-order valence-electron chi connectivity index (χ1n) is 24.7. The minimum Gasteiger partial charge on any atom is -0.0622 e. The van der Waals surface area contributed by atoms with E-state index in [2.05, 4.69) is 205 Å². The molecule has 0 amide bonds. The van der Waals surface area contributed by atoms with Gasteiger partial charge in [-0.05, 0) is 188 Å². The first-order chi connectivity index (χ1) is 36.6. The molecule has 0 atom stereocenters. The number of rotatable bonds is 6. The van der Waals surface area contributed by atoms with Crippen LogP contribution in [0.15, 0.2) is 279 Å². The van der Waals surface area contributed by atoms with Crippen LogP contribution in [-0.4, -0.2) is 0 Å². The summed E-state index contributed by atoms with van der Waals surface area (Å²) in [7, 11) is 0. The van der Waals surface area contributed by atoms with Gasteiger partial charge in [0.05, 0.1) is 0 Å². The summed E-state index contributed by atoms with van der Waals surface area (Å²) in [5.74, 6) is 27.6. The van der Waals surface area contributed by atoms with E-state index in [4.69, 9.17) is 0 Å². The van der Waals surface area contributed by atoms with Crippen molar-refractivity contribution in [2.75, 3.05) is 0 Å². The quantitative estimate of drug-likeness (QED) is 0.146. The van der Waals surface area contributed by atoms with Crippen LogP contribution in [0.4, 0.5) is 0 Å². The average Bonchev–Trinajstić information content (AvgIpc) is 3.48. The highest BCUT2D eigenvalue weighted by Crippen LogP contribution is 2.36. The Balaban J connectivity index is 1.01. The van der Waals surface area contributed by atoms with Gasteiger partial charge >= 0.3 is 0 Å². The van der Waals surface area contributed by atoms with Gasteiger partial charge in [-0.2, -0.15) is 0 Å². The van der Waals surface area contributed by atoms with Crippen LogP contribution < -0.4 is 0 Å². The van der Waals surface area contributed by atoms with Gasteiger partial charge in [0.25, 0.3) is 0 Å². The summed E-state index contributed by atoms with van der Waals surface area (Å²) in [4.78, 5) is 0. The molecule has 0 N–H and O–H groups in total. The van der Waals surface area contributed by atoms with E-state index in [1.54, 1.807) is 0 Å². The van der Waals surface area contributed by atoms with Gasteiger partial charge in [0.1, 0.15) is 0 Å². The van der Waals surface area contributed by atoms with Crippen molar-refractivity contribution in [1.82, 2.24) is 0 Å². The second-order valence-electron chi connectivity index (χ2n) is 18.0. The van der Waals surface area contributed by atoms with Crippen LogP contribution in [-0.2, 0) is 0 Å². The first-order valence-corrected chi connectivity index (χ1v) is 24.7. The summed E-state index contributed by atoms with van der Waals surface area (Å²) in [5.41, 5.74) is 20.6. The lowest BCUT2D eigenvalue weighted by Crippen LogP contribution is -1.90. The second-order valence-corrected chi connectivity index (χ2v) is 18.0. The molecule has 0 nitrogen and oxygen atoms in total. The molecule has 0 aliphatic carbocycles. The smallest absolute Gasteiger partial charge is 0.0261 e. The van der Waals surface area contributed by atoms with Crippen molar-refractivity contribution in [3.63, 3.8) is 0 Å². The van der Waals surface area contributed by atoms with E-state index in [0.717, 1.165) is 111 Å². The Bertz CT molecular complexity index is 3750.